The van der Waals surface area contributed by atoms with Gasteiger partial charge in [-0.25, -0.2) is 0 Å². The van der Waals surface area contributed by atoms with E-state index >= 15 is 0 Å². The molecule has 47 heavy (non-hydrogen) atoms. The van der Waals surface area contributed by atoms with E-state index in [4.69, 9.17) is 5.73 Å². The molecule has 0 radical (unpaired) electrons. The highest BCUT2D eigenvalue weighted by molar-refractivity contribution is 5.94. The van der Waals surface area contributed by atoms with Crippen molar-refractivity contribution in [3.63, 3.8) is 0 Å². The predicted octanol–water partition coefficient (Wildman–Crippen LogP) is 4.62. The molecule has 4 rings (SSSR count). The third-order valence-electron chi connectivity index (χ3n) is 9.29. The Kier molecular flexibility index (Phi) is 13.3. The van der Waals surface area contributed by atoms with Crippen LogP contribution in [0.5, 0.6) is 0 Å². The smallest absolute Gasteiger partial charge is 0.243 e. The van der Waals surface area contributed by atoms with Gasteiger partial charge in [0.15, 0.2) is 0 Å². The van der Waals surface area contributed by atoms with Gasteiger partial charge in [-0.15, -0.1) is 0 Å². The number of aryl methyl sites for hydroxylation is 1. The largest absolute Gasteiger partial charge is 0.348 e. The quantitative estimate of drug-likeness (QED) is 0.145. The molecule has 0 saturated carbocycles. The van der Waals surface area contributed by atoms with Crippen LogP contribution in [0.25, 0.3) is 10.8 Å². The Bertz CT molecular complexity index is 1520. The fourth-order valence-electron chi connectivity index (χ4n) is 6.26. The summed E-state index contributed by atoms with van der Waals surface area (Å²) in [5, 5.41) is 14.1. The van der Waals surface area contributed by atoms with E-state index in [1.54, 1.807) is 6.92 Å². The predicted molar refractivity (Wildman–Crippen MR) is 186 cm³/mol. The standard InChI is InChI=1S/C38H51N5O4/c1-4-25(3)35(43-37(46)33(40-34(44)5-2)24-26-20-21-27-13-6-7-15-29(27)23-26)38(47)42-32(18-10-11-22-39)36(45)41-31-19-12-16-28-14-8-9-17-30(28)31/h6-9,13-15,17,20-21,23,25,31-33,35H,4-5,10-12,16,18-19,22,24,39H2,1-3H3,(H,40,44)(H,41,45)(H,42,47)(H,43,46)/t25-,31-,32-,33-,35-/m0/s1. The van der Waals surface area contributed by atoms with Crippen LogP contribution in [0, 0.1) is 5.92 Å². The molecule has 252 valence electrons. The van der Waals surface area contributed by atoms with Crippen molar-refractivity contribution in [2.24, 2.45) is 11.7 Å². The fourth-order valence-corrected chi connectivity index (χ4v) is 6.26. The van der Waals surface area contributed by atoms with Gasteiger partial charge in [-0.1, -0.05) is 93.9 Å². The van der Waals surface area contributed by atoms with Gasteiger partial charge in [0.2, 0.25) is 23.6 Å². The summed E-state index contributed by atoms with van der Waals surface area (Å²) >= 11 is 0. The number of unbranched alkanes of at least 4 members (excludes halogenated alkanes) is 1. The van der Waals surface area contributed by atoms with Gasteiger partial charge in [0, 0.05) is 12.8 Å². The van der Waals surface area contributed by atoms with Crippen molar-refractivity contribution in [3.8, 4) is 0 Å². The number of carbonyl (C=O) groups excluding carboxylic acids is 4. The normalized spacial score (nSPS) is 16.6. The van der Waals surface area contributed by atoms with Crippen LogP contribution in [0.1, 0.15) is 88.4 Å². The topological polar surface area (TPSA) is 142 Å². The zero-order valence-electron chi connectivity index (χ0n) is 28.0. The second kappa shape index (κ2) is 17.6. The molecule has 0 heterocycles. The molecule has 0 bridgehead atoms. The molecule has 1 aliphatic carbocycles. The van der Waals surface area contributed by atoms with Crippen molar-refractivity contribution >= 4 is 34.4 Å². The lowest BCUT2D eigenvalue weighted by atomic mass is 9.87. The summed E-state index contributed by atoms with van der Waals surface area (Å²) < 4.78 is 0. The van der Waals surface area contributed by atoms with Crippen LogP contribution < -0.4 is 27.0 Å². The minimum Gasteiger partial charge on any atom is -0.348 e. The van der Waals surface area contributed by atoms with E-state index in [0.717, 1.165) is 47.6 Å². The Morgan fingerprint density at radius 3 is 2.32 bits per heavy atom. The van der Waals surface area contributed by atoms with Gasteiger partial charge in [-0.3, -0.25) is 19.2 Å². The van der Waals surface area contributed by atoms with Crippen LogP contribution in [-0.4, -0.2) is 48.3 Å². The molecule has 3 aromatic carbocycles. The van der Waals surface area contributed by atoms with Crippen molar-refractivity contribution in [2.75, 3.05) is 6.54 Å². The van der Waals surface area contributed by atoms with Gasteiger partial charge in [0.25, 0.3) is 0 Å². The van der Waals surface area contributed by atoms with E-state index in [2.05, 4.69) is 33.4 Å². The fraction of sp³-hybridized carbons (Fsp3) is 0.474. The maximum Gasteiger partial charge on any atom is 0.243 e. The van der Waals surface area contributed by atoms with E-state index in [1.807, 2.05) is 68.4 Å². The van der Waals surface area contributed by atoms with Gasteiger partial charge in [-0.2, -0.15) is 0 Å². The van der Waals surface area contributed by atoms with Crippen LogP contribution in [-0.2, 0) is 32.0 Å². The summed E-state index contributed by atoms with van der Waals surface area (Å²) in [6, 6.07) is 19.4. The molecule has 3 aromatic rings. The summed E-state index contributed by atoms with van der Waals surface area (Å²) in [5.74, 6) is -1.58. The first-order chi connectivity index (χ1) is 22.7. The lowest BCUT2D eigenvalue weighted by Gasteiger charge is -2.30. The molecule has 0 fully saturated rings. The number of rotatable bonds is 16. The maximum absolute atomic E-state index is 13.9. The van der Waals surface area contributed by atoms with Crippen LogP contribution in [0.2, 0.25) is 0 Å². The van der Waals surface area contributed by atoms with Crippen LogP contribution in [0.15, 0.2) is 66.7 Å². The molecule has 1 aliphatic rings. The SMILES string of the molecule is CCC(=O)N[C@@H](Cc1ccc2ccccc2c1)C(=O)N[C@H](C(=O)N[C@@H](CCCCN)C(=O)N[C@H]1CCCc2ccccc21)[C@@H](C)CC. The second-order valence-electron chi connectivity index (χ2n) is 12.7. The van der Waals surface area contributed by atoms with Gasteiger partial charge in [0.05, 0.1) is 6.04 Å². The molecule has 6 N–H and O–H groups in total. The monoisotopic (exact) mass is 641 g/mol. The molecule has 0 aromatic heterocycles. The van der Waals surface area contributed by atoms with Gasteiger partial charge in [0.1, 0.15) is 18.1 Å². The molecule has 0 aliphatic heterocycles. The molecule has 0 spiro atoms. The third kappa shape index (κ3) is 9.88. The van der Waals surface area contributed by atoms with E-state index in [1.165, 1.54) is 5.56 Å². The zero-order valence-corrected chi connectivity index (χ0v) is 28.0. The van der Waals surface area contributed by atoms with Gasteiger partial charge >= 0.3 is 0 Å². The average molecular weight is 642 g/mol. The molecular weight excluding hydrogens is 590 g/mol. The number of hydrogen-bond donors (Lipinski definition) is 5. The molecule has 4 amide bonds. The van der Waals surface area contributed by atoms with Crippen LogP contribution >= 0.6 is 0 Å². The van der Waals surface area contributed by atoms with E-state index < -0.39 is 29.9 Å². The van der Waals surface area contributed by atoms with Crippen molar-refractivity contribution in [1.82, 2.24) is 21.3 Å². The molecule has 9 heteroatoms. The maximum atomic E-state index is 13.9. The van der Waals surface area contributed by atoms with E-state index in [9.17, 15) is 19.2 Å². The number of carbonyl (C=O) groups is 4. The summed E-state index contributed by atoms with van der Waals surface area (Å²) in [4.78, 5) is 53.9. The minimum absolute atomic E-state index is 0.121. The summed E-state index contributed by atoms with van der Waals surface area (Å²) in [5.41, 5.74) is 9.00. The average Bonchev–Trinajstić information content (AvgIpc) is 3.09. The van der Waals surface area contributed by atoms with Crippen molar-refractivity contribution < 1.29 is 19.2 Å². The van der Waals surface area contributed by atoms with Crippen molar-refractivity contribution in [1.29, 1.82) is 0 Å². The first-order valence-corrected chi connectivity index (χ1v) is 17.2. The Hall–Kier alpha value is -4.24. The number of nitrogens with one attached hydrogen (secondary N) is 4. The highest BCUT2D eigenvalue weighted by Crippen LogP contribution is 2.29. The number of hydrogen-bond acceptors (Lipinski definition) is 5. The summed E-state index contributed by atoms with van der Waals surface area (Å²) in [6.07, 6.45) is 5.74. The Balaban J connectivity index is 1.50. The van der Waals surface area contributed by atoms with Crippen molar-refractivity contribution in [3.05, 3.63) is 83.4 Å². The summed E-state index contributed by atoms with van der Waals surface area (Å²) in [6.45, 7) is 6.08. The lowest BCUT2D eigenvalue weighted by Crippen LogP contribution is -2.59. The molecular formula is C38H51N5O4. The molecule has 9 nitrogen and oxygen atoms in total. The highest BCUT2D eigenvalue weighted by atomic mass is 16.2. The van der Waals surface area contributed by atoms with Crippen LogP contribution in [0.4, 0.5) is 0 Å². The number of fused-ring (bicyclic) bond motifs is 2. The molecule has 5 atom stereocenters. The number of nitrogens with two attached hydrogens (primary N) is 1. The molecule has 0 saturated heterocycles. The van der Waals surface area contributed by atoms with Crippen molar-refractivity contribution in [2.45, 2.75) is 103 Å². The van der Waals surface area contributed by atoms with E-state index in [0.29, 0.717) is 25.8 Å². The third-order valence-corrected chi connectivity index (χ3v) is 9.29. The van der Waals surface area contributed by atoms with Crippen LogP contribution in [0.3, 0.4) is 0 Å². The van der Waals surface area contributed by atoms with Gasteiger partial charge < -0.3 is 27.0 Å². The highest BCUT2D eigenvalue weighted by Gasteiger charge is 2.33. The summed E-state index contributed by atoms with van der Waals surface area (Å²) in [7, 11) is 0. The molecule has 0 unspecified atom stereocenters. The Labute approximate surface area is 278 Å². The zero-order chi connectivity index (χ0) is 33.8. The number of amides is 4. The minimum atomic E-state index is -0.898. The Morgan fingerprint density at radius 2 is 1.57 bits per heavy atom. The first-order valence-electron chi connectivity index (χ1n) is 17.2. The van der Waals surface area contributed by atoms with Gasteiger partial charge in [-0.05, 0) is 78.5 Å². The lowest BCUT2D eigenvalue weighted by molar-refractivity contribution is -0.135. The Morgan fingerprint density at radius 1 is 0.830 bits per heavy atom. The van der Waals surface area contributed by atoms with E-state index in [-0.39, 0.29) is 36.6 Å². The second-order valence-corrected chi connectivity index (χ2v) is 12.7. The first kappa shape index (κ1) is 35.6. The number of benzene rings is 3.